The van der Waals surface area contributed by atoms with Crippen molar-refractivity contribution < 1.29 is 31.6 Å². The van der Waals surface area contributed by atoms with Crippen LogP contribution < -0.4 is 10.2 Å². The van der Waals surface area contributed by atoms with Crippen molar-refractivity contribution >= 4 is 15.9 Å². The van der Waals surface area contributed by atoms with E-state index in [-0.39, 0.29) is 16.3 Å². The van der Waals surface area contributed by atoms with Crippen LogP contribution in [0.4, 0.5) is 13.2 Å². The first kappa shape index (κ1) is 19.8. The van der Waals surface area contributed by atoms with E-state index < -0.39 is 33.7 Å². The Morgan fingerprint density at radius 3 is 2.15 bits per heavy atom. The summed E-state index contributed by atoms with van der Waals surface area (Å²) in [7, 11) is -4.12. The number of halogens is 3. The van der Waals surface area contributed by atoms with Gasteiger partial charge in [0.2, 0.25) is 10.0 Å². The number of hydrogen-bond donors (Lipinski definition) is 3. The van der Waals surface area contributed by atoms with E-state index in [9.17, 15) is 26.4 Å². The minimum absolute atomic E-state index is 0.0231. The summed E-state index contributed by atoms with van der Waals surface area (Å²) in [5.74, 6) is -0.815. The first-order chi connectivity index (χ1) is 12.0. The third-order valence-electron chi connectivity index (χ3n) is 3.25. The maximum Gasteiger partial charge on any atom is 0.416 e. The fraction of sp³-hybridized carbons (Fsp3) is 0.214. The van der Waals surface area contributed by atoms with Gasteiger partial charge in [0, 0.05) is 12.4 Å². The van der Waals surface area contributed by atoms with Crippen molar-refractivity contribution in [3.05, 3.63) is 53.6 Å². The van der Waals surface area contributed by atoms with Crippen molar-refractivity contribution in [3.8, 4) is 0 Å². The Balaban J connectivity index is 2.16. The second-order valence-electron chi connectivity index (χ2n) is 5.14. The molecule has 1 aromatic heterocycles. The zero-order valence-corrected chi connectivity index (χ0v) is 14.0. The highest BCUT2D eigenvalue weighted by Crippen LogP contribution is 2.29. The molecule has 1 heterocycles. The van der Waals surface area contributed by atoms with E-state index in [1.807, 2.05) is 0 Å². The molecule has 140 valence electrons. The summed E-state index contributed by atoms with van der Waals surface area (Å²) in [5, 5.41) is 8.50. The molecule has 0 aliphatic rings. The molecule has 1 aromatic carbocycles. The Kier molecular flexibility index (Phi) is 5.59. The number of carbonyl (C=O) groups is 1. The Hall–Kier alpha value is -2.57. The number of benzene rings is 1. The molecule has 12 heteroatoms. The quantitative estimate of drug-likeness (QED) is 0.527. The van der Waals surface area contributed by atoms with Crippen molar-refractivity contribution in [2.24, 2.45) is 0 Å². The molecule has 0 aliphatic heterocycles. The van der Waals surface area contributed by atoms with Gasteiger partial charge in [0.05, 0.1) is 22.1 Å². The number of nitrogens with zero attached hydrogens (tertiary/aromatic N) is 2. The second kappa shape index (κ2) is 7.35. The van der Waals surface area contributed by atoms with E-state index in [0.29, 0.717) is 12.1 Å². The Morgan fingerprint density at radius 2 is 1.69 bits per heavy atom. The number of aromatic nitrogens is 2. The lowest BCUT2D eigenvalue weighted by atomic mass is 10.2. The minimum Gasteiger partial charge on any atom is -0.288 e. The molecule has 0 radical (unpaired) electrons. The van der Waals surface area contributed by atoms with Gasteiger partial charge in [-0.25, -0.2) is 28.6 Å². The van der Waals surface area contributed by atoms with Crippen LogP contribution in [-0.2, 0) is 16.2 Å². The largest absolute Gasteiger partial charge is 0.416 e. The number of carbonyl (C=O) groups excluding carboxylic acids is 1. The first-order valence-electron chi connectivity index (χ1n) is 7.00. The zero-order chi connectivity index (χ0) is 19.5. The van der Waals surface area contributed by atoms with Gasteiger partial charge in [-0.3, -0.25) is 10.0 Å². The van der Waals surface area contributed by atoms with Gasteiger partial charge in [-0.2, -0.15) is 13.2 Å². The van der Waals surface area contributed by atoms with Crippen LogP contribution in [0.3, 0.4) is 0 Å². The second-order valence-corrected chi connectivity index (χ2v) is 6.85. The molecular formula is C14H13F3N4O4S. The monoisotopic (exact) mass is 390 g/mol. The van der Waals surface area contributed by atoms with Crippen LogP contribution in [0.5, 0.6) is 0 Å². The number of amides is 1. The average Bonchev–Trinajstić information content (AvgIpc) is 2.60. The third kappa shape index (κ3) is 4.53. The minimum atomic E-state index is -4.57. The van der Waals surface area contributed by atoms with E-state index in [4.69, 9.17) is 5.21 Å². The summed E-state index contributed by atoms with van der Waals surface area (Å²) in [4.78, 5) is 18.4. The standard InChI is InChI=1S/C14H13F3N4O4S/c1-8(12-18-6-9(7-19-12)13(22)20-23)21-26(24,25)11-4-2-10(3-5-11)14(15,16)17/h2-8,21,23H,1H3,(H,20,22)/t8-/m0/s1. The highest BCUT2D eigenvalue weighted by Gasteiger charge is 2.31. The molecule has 0 fully saturated rings. The summed E-state index contributed by atoms with van der Waals surface area (Å²) in [6.07, 6.45) is -2.41. The molecule has 0 spiro atoms. The normalized spacial score (nSPS) is 13.3. The number of nitrogens with one attached hydrogen (secondary N) is 2. The molecule has 0 saturated heterocycles. The van der Waals surface area contributed by atoms with Gasteiger partial charge in [0.15, 0.2) is 0 Å². The van der Waals surface area contributed by atoms with Crippen molar-refractivity contribution in [1.29, 1.82) is 0 Å². The fourth-order valence-electron chi connectivity index (χ4n) is 1.92. The molecule has 1 amide bonds. The Labute approximate surface area is 146 Å². The van der Waals surface area contributed by atoms with Gasteiger partial charge in [-0.1, -0.05) is 0 Å². The van der Waals surface area contributed by atoms with Crippen molar-refractivity contribution in [1.82, 2.24) is 20.2 Å². The predicted molar refractivity (Wildman–Crippen MR) is 81.5 cm³/mol. The molecule has 0 saturated carbocycles. The number of hydroxylamine groups is 1. The molecule has 8 nitrogen and oxygen atoms in total. The van der Waals surface area contributed by atoms with Gasteiger partial charge in [0.1, 0.15) is 5.82 Å². The summed E-state index contributed by atoms with van der Waals surface area (Å²) >= 11 is 0. The van der Waals surface area contributed by atoms with Gasteiger partial charge in [-0.05, 0) is 31.2 Å². The van der Waals surface area contributed by atoms with E-state index in [1.54, 1.807) is 0 Å². The van der Waals surface area contributed by atoms with Crippen LogP contribution in [0, 0.1) is 0 Å². The summed E-state index contributed by atoms with van der Waals surface area (Å²) in [6.45, 7) is 1.42. The lowest BCUT2D eigenvalue weighted by molar-refractivity contribution is -0.137. The lowest BCUT2D eigenvalue weighted by Gasteiger charge is -2.14. The van der Waals surface area contributed by atoms with Gasteiger partial charge in [0.25, 0.3) is 5.91 Å². The zero-order valence-electron chi connectivity index (χ0n) is 13.1. The number of alkyl halides is 3. The molecular weight excluding hydrogens is 377 g/mol. The summed E-state index contributed by atoms with van der Waals surface area (Å²) < 4.78 is 64.3. The number of rotatable bonds is 5. The lowest BCUT2D eigenvalue weighted by Crippen LogP contribution is -2.28. The van der Waals surface area contributed by atoms with Crippen molar-refractivity contribution in [2.45, 2.75) is 24.0 Å². The maximum absolute atomic E-state index is 12.5. The van der Waals surface area contributed by atoms with Crippen molar-refractivity contribution in [2.75, 3.05) is 0 Å². The van der Waals surface area contributed by atoms with E-state index >= 15 is 0 Å². The van der Waals surface area contributed by atoms with Crippen LogP contribution in [0.1, 0.15) is 34.7 Å². The average molecular weight is 390 g/mol. The van der Waals surface area contributed by atoms with Crippen LogP contribution in [0.25, 0.3) is 0 Å². The van der Waals surface area contributed by atoms with Crippen LogP contribution >= 0.6 is 0 Å². The third-order valence-corrected chi connectivity index (χ3v) is 4.80. The smallest absolute Gasteiger partial charge is 0.288 e. The molecule has 2 aromatic rings. The van der Waals surface area contributed by atoms with E-state index in [1.165, 1.54) is 12.4 Å². The van der Waals surface area contributed by atoms with Crippen LogP contribution in [0.15, 0.2) is 41.6 Å². The molecule has 3 N–H and O–H groups in total. The van der Waals surface area contributed by atoms with Crippen molar-refractivity contribution in [3.63, 3.8) is 0 Å². The number of sulfonamides is 1. The first-order valence-corrected chi connectivity index (χ1v) is 8.49. The SMILES string of the molecule is C[C@H](NS(=O)(=O)c1ccc(C(F)(F)F)cc1)c1ncc(C(=O)NO)cn1. The highest BCUT2D eigenvalue weighted by atomic mass is 32.2. The van der Waals surface area contributed by atoms with E-state index in [0.717, 1.165) is 24.5 Å². The van der Waals surface area contributed by atoms with Gasteiger partial charge in [-0.15, -0.1) is 0 Å². The predicted octanol–water partition coefficient (Wildman–Crippen LogP) is 1.65. The molecule has 0 unspecified atom stereocenters. The fourth-order valence-corrected chi connectivity index (χ4v) is 3.12. The summed E-state index contributed by atoms with van der Waals surface area (Å²) in [6, 6.07) is 2.09. The molecule has 2 rings (SSSR count). The van der Waals surface area contributed by atoms with Crippen LogP contribution in [0.2, 0.25) is 0 Å². The molecule has 1 atom stereocenters. The Bertz CT molecular complexity index is 884. The van der Waals surface area contributed by atoms with Gasteiger partial charge >= 0.3 is 6.18 Å². The van der Waals surface area contributed by atoms with Crippen LogP contribution in [-0.4, -0.2) is 29.5 Å². The molecule has 0 aliphatic carbocycles. The molecule has 0 bridgehead atoms. The highest BCUT2D eigenvalue weighted by molar-refractivity contribution is 7.89. The Morgan fingerprint density at radius 1 is 1.15 bits per heavy atom. The topological polar surface area (TPSA) is 121 Å². The molecule has 26 heavy (non-hydrogen) atoms. The maximum atomic E-state index is 12.5. The van der Waals surface area contributed by atoms with Gasteiger partial charge < -0.3 is 0 Å². The summed E-state index contributed by atoms with van der Waals surface area (Å²) in [5.41, 5.74) is 0.380. The number of hydrogen-bond acceptors (Lipinski definition) is 6. The van der Waals surface area contributed by atoms with E-state index in [2.05, 4.69) is 14.7 Å².